The van der Waals surface area contributed by atoms with Gasteiger partial charge in [0.05, 0.1) is 10.0 Å². The van der Waals surface area contributed by atoms with E-state index in [9.17, 15) is 4.79 Å². The normalized spacial score (nSPS) is 13.4. The van der Waals surface area contributed by atoms with Crippen LogP contribution in [0.3, 0.4) is 0 Å². The van der Waals surface area contributed by atoms with Gasteiger partial charge in [0, 0.05) is 23.7 Å². The number of hydrogen-bond acceptors (Lipinski definition) is 1. The van der Waals surface area contributed by atoms with Crippen LogP contribution in [-0.4, -0.2) is 18.3 Å². The molecule has 0 N–H and O–H groups in total. The molecule has 0 saturated heterocycles. The summed E-state index contributed by atoms with van der Waals surface area (Å²) in [5.74, 6) is 0.465. The number of carbonyl (C=O) groups is 1. The highest BCUT2D eigenvalue weighted by molar-refractivity contribution is 6.42. The van der Waals surface area contributed by atoms with E-state index in [1.165, 1.54) is 24.0 Å². The van der Waals surface area contributed by atoms with Crippen molar-refractivity contribution in [3.05, 3.63) is 63.1 Å². The number of amides is 1. The maximum atomic E-state index is 13.1. The van der Waals surface area contributed by atoms with E-state index in [2.05, 4.69) is 6.07 Å². The molecule has 0 saturated carbocycles. The van der Waals surface area contributed by atoms with E-state index in [4.69, 9.17) is 34.8 Å². The fraction of sp³-hybridized carbons (Fsp3) is 0.350. The molecular weight excluding hydrogens is 377 g/mol. The zero-order chi connectivity index (χ0) is 17.8. The number of fused-ring (bicyclic) bond motifs is 1. The van der Waals surface area contributed by atoms with E-state index in [0.29, 0.717) is 34.5 Å². The smallest absolute Gasteiger partial charge is 0.258 e. The highest BCUT2D eigenvalue weighted by atomic mass is 35.5. The first-order chi connectivity index (χ1) is 12.1. The number of benzene rings is 2. The summed E-state index contributed by atoms with van der Waals surface area (Å²) >= 11 is 18.0. The van der Waals surface area contributed by atoms with E-state index >= 15 is 0 Å². The van der Waals surface area contributed by atoms with Crippen LogP contribution in [-0.2, 0) is 12.8 Å². The number of aryl methyl sites for hydroxylation is 2. The van der Waals surface area contributed by atoms with E-state index < -0.39 is 0 Å². The second-order valence-corrected chi connectivity index (χ2v) is 7.48. The Hall–Kier alpha value is -1.22. The first-order valence-corrected chi connectivity index (χ1v) is 9.84. The van der Waals surface area contributed by atoms with Crippen LogP contribution in [0.25, 0.3) is 0 Å². The molecule has 1 aliphatic rings. The second kappa shape index (κ2) is 8.44. The summed E-state index contributed by atoms with van der Waals surface area (Å²) in [4.78, 5) is 14.9. The molecule has 3 rings (SSSR count). The standard InChI is InChI=1S/C20H20Cl3NO/c21-10-3-11-24(17-8-9-18(22)19(23)13-17)20(25)16-7-6-14-4-1-2-5-15(14)12-16/h6-9,12-13H,1-5,10-11H2. The molecular formula is C20H20Cl3NO. The average Bonchev–Trinajstić information content (AvgIpc) is 2.64. The predicted octanol–water partition coefficient (Wildman–Crippen LogP) is 6.15. The molecule has 0 aliphatic heterocycles. The maximum absolute atomic E-state index is 13.1. The van der Waals surface area contributed by atoms with Crippen LogP contribution in [0.4, 0.5) is 5.69 Å². The SMILES string of the molecule is O=C(c1ccc2c(c1)CCCC2)N(CCCCl)c1ccc(Cl)c(Cl)c1. The molecule has 5 heteroatoms. The first kappa shape index (κ1) is 18.6. The molecule has 0 atom stereocenters. The molecule has 0 bridgehead atoms. The summed E-state index contributed by atoms with van der Waals surface area (Å²) < 4.78 is 0. The first-order valence-electron chi connectivity index (χ1n) is 8.55. The number of halogens is 3. The lowest BCUT2D eigenvalue weighted by Crippen LogP contribution is -2.32. The lowest BCUT2D eigenvalue weighted by molar-refractivity contribution is 0.0987. The largest absolute Gasteiger partial charge is 0.308 e. The van der Waals surface area contributed by atoms with Crippen LogP contribution in [0.5, 0.6) is 0 Å². The van der Waals surface area contributed by atoms with E-state index in [-0.39, 0.29) is 5.91 Å². The quantitative estimate of drug-likeness (QED) is 0.555. The van der Waals surface area contributed by atoms with Crippen molar-refractivity contribution in [2.24, 2.45) is 0 Å². The fourth-order valence-electron chi connectivity index (χ4n) is 3.24. The van der Waals surface area contributed by atoms with Gasteiger partial charge in [0.25, 0.3) is 5.91 Å². The predicted molar refractivity (Wildman–Crippen MR) is 107 cm³/mol. The summed E-state index contributed by atoms with van der Waals surface area (Å²) in [6.07, 6.45) is 5.27. The summed E-state index contributed by atoms with van der Waals surface area (Å²) in [7, 11) is 0. The van der Waals surface area contributed by atoms with Gasteiger partial charge in [0.2, 0.25) is 0 Å². The number of nitrogens with zero attached hydrogens (tertiary/aromatic N) is 1. The molecule has 25 heavy (non-hydrogen) atoms. The van der Waals surface area contributed by atoms with Gasteiger partial charge in [-0.05, 0) is 73.6 Å². The topological polar surface area (TPSA) is 20.3 Å². The number of hydrogen-bond donors (Lipinski definition) is 0. The monoisotopic (exact) mass is 395 g/mol. The van der Waals surface area contributed by atoms with Gasteiger partial charge in [0.15, 0.2) is 0 Å². The highest BCUT2D eigenvalue weighted by Gasteiger charge is 2.20. The minimum Gasteiger partial charge on any atom is -0.308 e. The van der Waals surface area contributed by atoms with Crippen LogP contribution in [0.15, 0.2) is 36.4 Å². The maximum Gasteiger partial charge on any atom is 0.258 e. The minimum absolute atomic E-state index is 0.0307. The zero-order valence-electron chi connectivity index (χ0n) is 13.9. The van der Waals surface area contributed by atoms with Gasteiger partial charge >= 0.3 is 0 Å². The molecule has 0 aromatic heterocycles. The Balaban J connectivity index is 1.92. The fourth-order valence-corrected chi connectivity index (χ4v) is 3.65. The molecule has 1 amide bonds. The van der Waals surface area contributed by atoms with Crippen LogP contribution in [0, 0.1) is 0 Å². The van der Waals surface area contributed by atoms with Crippen molar-refractivity contribution in [3.8, 4) is 0 Å². The highest BCUT2D eigenvalue weighted by Crippen LogP contribution is 2.29. The van der Waals surface area contributed by atoms with Crippen LogP contribution in [0.2, 0.25) is 10.0 Å². The molecule has 2 nitrogen and oxygen atoms in total. The third-order valence-corrected chi connectivity index (χ3v) is 5.58. The Morgan fingerprint density at radius 3 is 2.44 bits per heavy atom. The zero-order valence-corrected chi connectivity index (χ0v) is 16.2. The summed E-state index contributed by atoms with van der Waals surface area (Å²) in [5, 5.41) is 0.914. The molecule has 132 valence electrons. The van der Waals surface area contributed by atoms with Crippen molar-refractivity contribution in [2.75, 3.05) is 17.3 Å². The van der Waals surface area contributed by atoms with Crippen molar-refractivity contribution in [1.29, 1.82) is 0 Å². The minimum atomic E-state index is -0.0307. The Morgan fingerprint density at radius 2 is 1.72 bits per heavy atom. The summed E-state index contributed by atoms with van der Waals surface area (Å²) in [6.45, 7) is 0.539. The van der Waals surface area contributed by atoms with Crippen molar-refractivity contribution < 1.29 is 4.79 Å². The van der Waals surface area contributed by atoms with E-state index in [0.717, 1.165) is 18.5 Å². The van der Waals surface area contributed by atoms with E-state index in [1.807, 2.05) is 18.2 Å². The average molecular weight is 397 g/mol. The van der Waals surface area contributed by atoms with Gasteiger partial charge in [0.1, 0.15) is 0 Å². The van der Waals surface area contributed by atoms with Crippen molar-refractivity contribution in [2.45, 2.75) is 32.1 Å². The van der Waals surface area contributed by atoms with Crippen LogP contribution >= 0.6 is 34.8 Å². The van der Waals surface area contributed by atoms with E-state index in [1.54, 1.807) is 17.0 Å². The van der Waals surface area contributed by atoms with Crippen molar-refractivity contribution >= 4 is 46.4 Å². The lowest BCUT2D eigenvalue weighted by atomic mass is 9.90. The van der Waals surface area contributed by atoms with Gasteiger partial charge in [-0.1, -0.05) is 29.3 Å². The van der Waals surface area contributed by atoms with Gasteiger partial charge < -0.3 is 4.90 Å². The molecule has 2 aromatic carbocycles. The van der Waals surface area contributed by atoms with Crippen molar-refractivity contribution in [3.63, 3.8) is 0 Å². The number of anilines is 1. The third-order valence-electron chi connectivity index (χ3n) is 4.57. The molecule has 0 spiro atoms. The second-order valence-electron chi connectivity index (χ2n) is 6.29. The van der Waals surface area contributed by atoms with Gasteiger partial charge in [-0.15, -0.1) is 11.6 Å². The van der Waals surface area contributed by atoms with Crippen molar-refractivity contribution in [1.82, 2.24) is 0 Å². The van der Waals surface area contributed by atoms with Crippen LogP contribution < -0.4 is 4.90 Å². The van der Waals surface area contributed by atoms with Crippen LogP contribution in [0.1, 0.15) is 40.7 Å². The molecule has 2 aromatic rings. The Morgan fingerprint density at radius 1 is 0.960 bits per heavy atom. The number of rotatable bonds is 5. The molecule has 0 unspecified atom stereocenters. The molecule has 0 radical (unpaired) electrons. The number of carbonyl (C=O) groups excluding carboxylic acids is 1. The third kappa shape index (κ3) is 4.31. The molecule has 1 aliphatic carbocycles. The molecule has 0 heterocycles. The van der Waals surface area contributed by atoms with Gasteiger partial charge in [-0.2, -0.15) is 0 Å². The van der Waals surface area contributed by atoms with Gasteiger partial charge in [-0.25, -0.2) is 0 Å². The molecule has 0 fully saturated rings. The Labute approximate surface area is 163 Å². The Kier molecular flexibility index (Phi) is 6.27. The van der Waals surface area contributed by atoms with Gasteiger partial charge in [-0.3, -0.25) is 4.79 Å². The lowest BCUT2D eigenvalue weighted by Gasteiger charge is -2.24. The summed E-state index contributed by atoms with van der Waals surface area (Å²) in [5.41, 5.74) is 4.11. The number of alkyl halides is 1. The Bertz CT molecular complexity index is 776. The summed E-state index contributed by atoms with van der Waals surface area (Å²) in [6, 6.07) is 11.3.